The van der Waals surface area contributed by atoms with E-state index in [1.165, 1.54) is 23.0 Å². The van der Waals surface area contributed by atoms with Crippen LogP contribution in [0.5, 0.6) is 5.75 Å². The van der Waals surface area contributed by atoms with Crippen molar-refractivity contribution in [2.75, 3.05) is 13.2 Å². The molecule has 4 rings (SSSR count). The largest absolute Gasteiger partial charge is 0.487 e. The zero-order valence-electron chi connectivity index (χ0n) is 12.5. The fraction of sp³-hybridized carbons (Fsp3) is 0.188. The normalized spacial score (nSPS) is 15.9. The number of benzene rings is 1. The molecule has 0 spiro atoms. The summed E-state index contributed by atoms with van der Waals surface area (Å²) in [7, 11) is 0. The van der Waals surface area contributed by atoms with Gasteiger partial charge in [-0.25, -0.2) is 14.1 Å². The minimum absolute atomic E-state index is 0.165. The smallest absolute Gasteiger partial charge is 0.262 e. The zero-order valence-corrected chi connectivity index (χ0v) is 12.5. The molecule has 1 aromatic carbocycles. The third-order valence-corrected chi connectivity index (χ3v) is 3.59. The molecule has 24 heavy (non-hydrogen) atoms. The summed E-state index contributed by atoms with van der Waals surface area (Å²) < 4.78 is 26.1. The number of fused-ring (bicyclic) bond motifs is 3. The number of aromatic nitrogens is 4. The highest BCUT2D eigenvalue weighted by molar-refractivity contribution is 5.75. The number of aromatic amines is 1. The standard InChI is InChI=1S/C16H13FN4O3/c17-10-3-4-12-13(7-10)24-6-2-1-5-23-9-14-19-15-11(16(22)20-14)8-18-21(12)15/h1-4,7-8H,5-6,9H2,(H,19,20,22)/b2-1-. The van der Waals surface area contributed by atoms with Crippen LogP contribution in [-0.2, 0) is 11.3 Å². The lowest BCUT2D eigenvalue weighted by Crippen LogP contribution is -2.13. The maximum Gasteiger partial charge on any atom is 0.262 e. The van der Waals surface area contributed by atoms with Crippen LogP contribution in [-0.4, -0.2) is 33.0 Å². The molecule has 122 valence electrons. The van der Waals surface area contributed by atoms with Gasteiger partial charge in [-0.1, -0.05) is 6.08 Å². The van der Waals surface area contributed by atoms with E-state index >= 15 is 0 Å². The summed E-state index contributed by atoms with van der Waals surface area (Å²) in [6.07, 6.45) is 4.98. The molecule has 2 aromatic heterocycles. The summed E-state index contributed by atoms with van der Waals surface area (Å²) in [5, 5.41) is 4.55. The summed E-state index contributed by atoms with van der Waals surface area (Å²) in [6.45, 7) is 0.770. The first-order valence-corrected chi connectivity index (χ1v) is 7.35. The Morgan fingerprint density at radius 2 is 2.12 bits per heavy atom. The van der Waals surface area contributed by atoms with Crippen molar-refractivity contribution in [2.24, 2.45) is 0 Å². The summed E-state index contributed by atoms with van der Waals surface area (Å²) in [4.78, 5) is 19.3. The van der Waals surface area contributed by atoms with Gasteiger partial charge in [0.15, 0.2) is 5.65 Å². The highest BCUT2D eigenvalue weighted by Gasteiger charge is 2.15. The molecule has 0 unspecified atom stereocenters. The highest BCUT2D eigenvalue weighted by Crippen LogP contribution is 2.26. The van der Waals surface area contributed by atoms with Crippen molar-refractivity contribution >= 4 is 11.0 Å². The van der Waals surface area contributed by atoms with Crippen LogP contribution in [0, 0.1) is 5.82 Å². The van der Waals surface area contributed by atoms with Crippen molar-refractivity contribution in [2.45, 2.75) is 6.61 Å². The summed E-state index contributed by atoms with van der Waals surface area (Å²) in [6, 6.07) is 4.13. The first-order chi connectivity index (χ1) is 11.7. The Hall–Kier alpha value is -3.00. The first kappa shape index (κ1) is 14.6. The predicted octanol–water partition coefficient (Wildman–Crippen LogP) is 1.71. The van der Waals surface area contributed by atoms with E-state index < -0.39 is 5.82 Å². The Morgan fingerprint density at radius 3 is 3.04 bits per heavy atom. The van der Waals surface area contributed by atoms with Gasteiger partial charge in [0.25, 0.3) is 5.56 Å². The van der Waals surface area contributed by atoms with E-state index in [2.05, 4.69) is 15.1 Å². The third-order valence-electron chi connectivity index (χ3n) is 3.59. The molecule has 2 bridgehead atoms. The average Bonchev–Trinajstić information content (AvgIpc) is 2.98. The van der Waals surface area contributed by atoms with E-state index in [0.29, 0.717) is 34.9 Å². The van der Waals surface area contributed by atoms with E-state index in [4.69, 9.17) is 9.47 Å². The van der Waals surface area contributed by atoms with Gasteiger partial charge in [-0.05, 0) is 18.2 Å². The van der Waals surface area contributed by atoms with Gasteiger partial charge in [0.2, 0.25) is 0 Å². The van der Waals surface area contributed by atoms with E-state index in [1.54, 1.807) is 18.2 Å². The summed E-state index contributed by atoms with van der Waals surface area (Å²) >= 11 is 0. The number of ether oxygens (including phenoxy) is 2. The average molecular weight is 328 g/mol. The topological polar surface area (TPSA) is 82.0 Å². The molecule has 0 saturated heterocycles. The summed E-state index contributed by atoms with van der Waals surface area (Å²) in [5.74, 6) is 0.285. The molecule has 0 saturated carbocycles. The second-order valence-corrected chi connectivity index (χ2v) is 5.22. The maximum atomic E-state index is 13.6. The fourth-order valence-electron chi connectivity index (χ4n) is 2.48. The Labute approximate surface area is 135 Å². The lowest BCUT2D eigenvalue weighted by Gasteiger charge is -2.11. The summed E-state index contributed by atoms with van der Waals surface area (Å²) in [5.41, 5.74) is 0.560. The zero-order chi connectivity index (χ0) is 16.5. The fourth-order valence-corrected chi connectivity index (χ4v) is 2.48. The second kappa shape index (κ2) is 5.89. The number of hydrogen-bond donors (Lipinski definition) is 1. The monoisotopic (exact) mass is 328 g/mol. The van der Waals surface area contributed by atoms with Crippen LogP contribution in [0.15, 0.2) is 41.3 Å². The van der Waals surface area contributed by atoms with Crippen molar-refractivity contribution in [3.8, 4) is 11.4 Å². The highest BCUT2D eigenvalue weighted by atomic mass is 19.1. The minimum Gasteiger partial charge on any atom is -0.487 e. The molecule has 8 heteroatoms. The van der Waals surface area contributed by atoms with Crippen molar-refractivity contribution in [1.82, 2.24) is 19.7 Å². The Morgan fingerprint density at radius 1 is 1.25 bits per heavy atom. The third kappa shape index (κ3) is 2.56. The van der Waals surface area contributed by atoms with E-state index in [9.17, 15) is 9.18 Å². The maximum absolute atomic E-state index is 13.6. The van der Waals surface area contributed by atoms with Crippen LogP contribution < -0.4 is 10.3 Å². The minimum atomic E-state index is -0.423. The van der Waals surface area contributed by atoms with Crippen LogP contribution in [0.3, 0.4) is 0 Å². The molecule has 0 aliphatic carbocycles. The Kier molecular flexibility index (Phi) is 3.58. The second-order valence-electron chi connectivity index (χ2n) is 5.22. The van der Waals surface area contributed by atoms with Gasteiger partial charge in [-0.2, -0.15) is 5.10 Å². The van der Waals surface area contributed by atoms with Crippen molar-refractivity contribution < 1.29 is 13.9 Å². The van der Waals surface area contributed by atoms with Gasteiger partial charge >= 0.3 is 0 Å². The molecule has 0 amide bonds. The molecule has 1 aliphatic rings. The Balaban J connectivity index is 1.97. The number of nitrogens with zero attached hydrogens (tertiary/aromatic N) is 3. The van der Waals surface area contributed by atoms with Crippen molar-refractivity contribution in [3.05, 3.63) is 58.5 Å². The lowest BCUT2D eigenvalue weighted by atomic mass is 10.3. The SMILES string of the molecule is O=c1[nH]c2nc3c1cnn3-c1ccc(F)cc1OC/C=C\COC2. The first-order valence-electron chi connectivity index (χ1n) is 7.35. The molecular weight excluding hydrogens is 315 g/mol. The number of hydrogen-bond acceptors (Lipinski definition) is 5. The van der Waals surface area contributed by atoms with Gasteiger partial charge in [-0.15, -0.1) is 0 Å². The van der Waals surface area contributed by atoms with Crippen molar-refractivity contribution in [3.63, 3.8) is 0 Å². The molecule has 0 fully saturated rings. The number of H-pyrrole nitrogens is 1. The van der Waals surface area contributed by atoms with Gasteiger partial charge in [0.05, 0.1) is 12.8 Å². The van der Waals surface area contributed by atoms with Crippen LogP contribution >= 0.6 is 0 Å². The molecule has 3 heterocycles. The number of halogens is 1. The number of rotatable bonds is 0. The van der Waals surface area contributed by atoms with Crippen LogP contribution in [0.1, 0.15) is 5.82 Å². The molecule has 7 nitrogen and oxygen atoms in total. The van der Waals surface area contributed by atoms with Crippen LogP contribution in [0.25, 0.3) is 16.7 Å². The van der Waals surface area contributed by atoms with E-state index in [1.807, 2.05) is 0 Å². The molecular formula is C16H13FN4O3. The van der Waals surface area contributed by atoms with Gasteiger partial charge < -0.3 is 14.5 Å². The van der Waals surface area contributed by atoms with Gasteiger partial charge in [-0.3, -0.25) is 4.79 Å². The molecule has 0 atom stereocenters. The Bertz CT molecular complexity index is 993. The predicted molar refractivity (Wildman–Crippen MR) is 83.7 cm³/mol. The van der Waals surface area contributed by atoms with E-state index in [-0.39, 0.29) is 18.8 Å². The van der Waals surface area contributed by atoms with Crippen LogP contribution in [0.4, 0.5) is 4.39 Å². The molecule has 0 radical (unpaired) electrons. The van der Waals surface area contributed by atoms with Gasteiger partial charge in [0.1, 0.15) is 41.7 Å². The van der Waals surface area contributed by atoms with Crippen molar-refractivity contribution in [1.29, 1.82) is 0 Å². The lowest BCUT2D eigenvalue weighted by molar-refractivity contribution is 0.142. The van der Waals surface area contributed by atoms with Crippen LogP contribution in [0.2, 0.25) is 0 Å². The molecule has 1 aliphatic heterocycles. The molecule has 1 N–H and O–H groups in total. The quantitative estimate of drug-likeness (QED) is 0.635. The van der Waals surface area contributed by atoms with E-state index in [0.717, 1.165) is 0 Å². The van der Waals surface area contributed by atoms with Gasteiger partial charge in [0, 0.05) is 6.07 Å². The number of nitrogens with one attached hydrogen (secondary N) is 1. The molecule has 3 aromatic rings.